The molecule has 0 fully saturated rings. The Morgan fingerprint density at radius 2 is 1.69 bits per heavy atom. The van der Waals surface area contributed by atoms with E-state index in [1.807, 2.05) is 30.3 Å². The molecule has 8 heteroatoms. The Morgan fingerprint density at radius 3 is 2.36 bits per heavy atom. The molecule has 2 N–H and O–H groups in total. The standard InChI is InChI=1S/C31H30N4O4/c1-19-33-30(39-35-19)28(15-20-5-10-24(36)11-6-20)34-29(37)27-17-22-16-26(12-7-21(22)18-32-27)38-25-13-8-23(9-14-25)31(2,3)4/h5-14,16-18,28,36H,15H2,1-4H3,(H,34,37)/t28-/m0/s1. The topological polar surface area (TPSA) is 110 Å². The van der Waals surface area contributed by atoms with Crippen LogP contribution >= 0.6 is 0 Å². The number of ether oxygens (including phenoxy) is 1. The van der Waals surface area contributed by atoms with Gasteiger partial charge >= 0.3 is 0 Å². The number of amides is 1. The number of hydrogen-bond donors (Lipinski definition) is 2. The lowest BCUT2D eigenvalue weighted by Crippen LogP contribution is -2.30. The summed E-state index contributed by atoms with van der Waals surface area (Å²) in [4.78, 5) is 22.0. The fourth-order valence-electron chi connectivity index (χ4n) is 4.22. The summed E-state index contributed by atoms with van der Waals surface area (Å²) in [7, 11) is 0. The number of aromatic hydroxyl groups is 1. The van der Waals surface area contributed by atoms with Crippen molar-refractivity contribution in [2.75, 3.05) is 0 Å². The maximum atomic E-state index is 13.3. The molecule has 39 heavy (non-hydrogen) atoms. The molecule has 0 spiro atoms. The van der Waals surface area contributed by atoms with E-state index in [9.17, 15) is 9.90 Å². The van der Waals surface area contributed by atoms with E-state index in [4.69, 9.17) is 9.26 Å². The number of aromatic nitrogens is 3. The summed E-state index contributed by atoms with van der Waals surface area (Å²) in [6.45, 7) is 8.24. The first kappa shape index (κ1) is 25.9. The monoisotopic (exact) mass is 522 g/mol. The molecule has 0 bridgehead atoms. The Balaban J connectivity index is 1.36. The number of carbonyl (C=O) groups excluding carboxylic acids is 1. The third-order valence-electron chi connectivity index (χ3n) is 6.40. The summed E-state index contributed by atoms with van der Waals surface area (Å²) < 4.78 is 11.5. The van der Waals surface area contributed by atoms with Gasteiger partial charge in [-0.05, 0) is 77.4 Å². The highest BCUT2D eigenvalue weighted by Crippen LogP contribution is 2.29. The van der Waals surface area contributed by atoms with Gasteiger partial charge in [0.05, 0.1) is 0 Å². The second kappa shape index (κ2) is 10.6. The zero-order valence-electron chi connectivity index (χ0n) is 22.3. The fraction of sp³-hybridized carbons (Fsp3) is 0.226. The molecule has 0 aliphatic rings. The molecule has 1 amide bonds. The van der Waals surface area contributed by atoms with E-state index < -0.39 is 6.04 Å². The molecule has 8 nitrogen and oxygen atoms in total. The normalized spacial score (nSPS) is 12.3. The molecule has 0 radical (unpaired) electrons. The van der Waals surface area contributed by atoms with Crippen molar-refractivity contribution in [3.63, 3.8) is 0 Å². The zero-order chi connectivity index (χ0) is 27.6. The third kappa shape index (κ3) is 6.23. The lowest BCUT2D eigenvalue weighted by atomic mass is 9.87. The highest BCUT2D eigenvalue weighted by Gasteiger charge is 2.23. The summed E-state index contributed by atoms with van der Waals surface area (Å²) in [5.41, 5.74) is 2.44. The lowest BCUT2D eigenvalue weighted by molar-refractivity contribution is 0.0923. The predicted molar refractivity (Wildman–Crippen MR) is 148 cm³/mol. The fourth-order valence-corrected chi connectivity index (χ4v) is 4.22. The van der Waals surface area contributed by atoms with Crippen molar-refractivity contribution in [1.29, 1.82) is 0 Å². The average molecular weight is 523 g/mol. The van der Waals surface area contributed by atoms with Crippen LogP contribution < -0.4 is 10.1 Å². The third-order valence-corrected chi connectivity index (χ3v) is 6.40. The number of nitrogens with one attached hydrogen (secondary N) is 1. The molecule has 0 unspecified atom stereocenters. The summed E-state index contributed by atoms with van der Waals surface area (Å²) >= 11 is 0. The van der Waals surface area contributed by atoms with Gasteiger partial charge in [-0.1, -0.05) is 50.2 Å². The predicted octanol–water partition coefficient (Wildman–Crippen LogP) is 6.44. The summed E-state index contributed by atoms with van der Waals surface area (Å²) in [5.74, 6) is 1.96. The van der Waals surface area contributed by atoms with Crippen molar-refractivity contribution < 1.29 is 19.2 Å². The summed E-state index contributed by atoms with van der Waals surface area (Å²) in [5, 5.41) is 18.2. The molecule has 3 aromatic carbocycles. The number of nitrogens with zero attached hydrogens (tertiary/aromatic N) is 3. The van der Waals surface area contributed by atoms with Crippen LogP contribution in [0.4, 0.5) is 0 Å². The molecule has 2 heterocycles. The van der Waals surface area contributed by atoms with Gasteiger partial charge in [0.1, 0.15) is 29.0 Å². The molecule has 0 aliphatic carbocycles. The van der Waals surface area contributed by atoms with Gasteiger partial charge < -0.3 is 19.7 Å². The number of benzene rings is 3. The molecule has 1 atom stereocenters. The minimum Gasteiger partial charge on any atom is -0.508 e. The smallest absolute Gasteiger partial charge is 0.270 e. The highest BCUT2D eigenvalue weighted by atomic mass is 16.5. The molecule has 2 aromatic heterocycles. The Labute approximate surface area is 226 Å². The van der Waals surface area contributed by atoms with Crippen molar-refractivity contribution >= 4 is 16.7 Å². The van der Waals surface area contributed by atoms with Crippen LogP contribution in [-0.2, 0) is 11.8 Å². The van der Waals surface area contributed by atoms with Crippen LogP contribution in [0.25, 0.3) is 10.8 Å². The van der Waals surface area contributed by atoms with Crippen LogP contribution in [0.3, 0.4) is 0 Å². The van der Waals surface area contributed by atoms with Gasteiger partial charge in [-0.3, -0.25) is 9.78 Å². The first-order valence-electron chi connectivity index (χ1n) is 12.7. The summed E-state index contributed by atoms with van der Waals surface area (Å²) in [6, 6.07) is 21.7. The number of aryl methyl sites for hydroxylation is 1. The minimum absolute atomic E-state index is 0.0663. The van der Waals surface area contributed by atoms with Crippen LogP contribution in [0.5, 0.6) is 17.2 Å². The van der Waals surface area contributed by atoms with Gasteiger partial charge in [-0.15, -0.1) is 0 Å². The first-order chi connectivity index (χ1) is 18.6. The summed E-state index contributed by atoms with van der Waals surface area (Å²) in [6.07, 6.45) is 2.06. The van der Waals surface area contributed by atoms with Crippen molar-refractivity contribution in [1.82, 2.24) is 20.4 Å². The number of hydrogen-bond acceptors (Lipinski definition) is 7. The molecule has 0 aliphatic heterocycles. The van der Waals surface area contributed by atoms with Crippen molar-refractivity contribution in [3.8, 4) is 17.2 Å². The van der Waals surface area contributed by atoms with Gasteiger partial charge in [-0.25, -0.2) is 0 Å². The second-order valence-corrected chi connectivity index (χ2v) is 10.5. The van der Waals surface area contributed by atoms with Crippen LogP contribution in [0, 0.1) is 6.92 Å². The van der Waals surface area contributed by atoms with E-state index >= 15 is 0 Å². The van der Waals surface area contributed by atoms with Gasteiger partial charge in [-0.2, -0.15) is 4.98 Å². The van der Waals surface area contributed by atoms with E-state index in [0.717, 1.165) is 22.1 Å². The molecule has 0 saturated heterocycles. The number of fused-ring (bicyclic) bond motifs is 1. The van der Waals surface area contributed by atoms with Crippen LogP contribution in [0.15, 0.2) is 83.5 Å². The Morgan fingerprint density at radius 1 is 0.974 bits per heavy atom. The van der Waals surface area contributed by atoms with E-state index in [-0.39, 0.29) is 22.8 Å². The first-order valence-corrected chi connectivity index (χ1v) is 12.7. The van der Waals surface area contributed by atoms with Crippen molar-refractivity contribution in [2.24, 2.45) is 0 Å². The van der Waals surface area contributed by atoms with E-state index in [0.29, 0.717) is 23.9 Å². The maximum Gasteiger partial charge on any atom is 0.270 e. The molecular weight excluding hydrogens is 492 g/mol. The van der Waals surface area contributed by atoms with E-state index in [2.05, 4.69) is 53.3 Å². The Bertz CT molecular complexity index is 1600. The van der Waals surface area contributed by atoms with Crippen LogP contribution in [0.2, 0.25) is 0 Å². The number of phenols is 1. The second-order valence-electron chi connectivity index (χ2n) is 10.5. The number of pyridine rings is 1. The SMILES string of the molecule is Cc1noc([C@H](Cc2ccc(O)cc2)NC(=O)c2cc3cc(Oc4ccc(C(C)(C)C)cc4)ccc3cn2)n1. The minimum atomic E-state index is -0.577. The number of rotatable bonds is 7. The van der Waals surface area contributed by atoms with Crippen molar-refractivity contribution in [3.05, 3.63) is 108 Å². The van der Waals surface area contributed by atoms with Gasteiger partial charge in [0.2, 0.25) is 5.89 Å². The maximum absolute atomic E-state index is 13.3. The largest absolute Gasteiger partial charge is 0.508 e. The molecule has 198 valence electrons. The lowest BCUT2D eigenvalue weighted by Gasteiger charge is -2.19. The number of phenolic OH excluding ortho intramolecular Hbond substituents is 1. The quantitative estimate of drug-likeness (QED) is 0.253. The molecule has 5 aromatic rings. The van der Waals surface area contributed by atoms with Crippen molar-refractivity contribution in [2.45, 2.75) is 45.6 Å². The Kier molecular flexibility index (Phi) is 7.02. The molecular formula is C31H30N4O4. The van der Waals surface area contributed by atoms with Crippen LogP contribution in [-0.4, -0.2) is 26.1 Å². The van der Waals surface area contributed by atoms with Gasteiger partial charge in [0.25, 0.3) is 5.91 Å². The van der Waals surface area contributed by atoms with Gasteiger partial charge in [0, 0.05) is 18.0 Å². The molecule has 5 rings (SSSR count). The molecule has 0 saturated carbocycles. The van der Waals surface area contributed by atoms with Crippen LogP contribution in [0.1, 0.15) is 60.1 Å². The van der Waals surface area contributed by atoms with E-state index in [1.54, 1.807) is 43.5 Å². The Hall–Kier alpha value is -4.72. The average Bonchev–Trinajstić information content (AvgIpc) is 3.35. The highest BCUT2D eigenvalue weighted by molar-refractivity contribution is 5.96. The zero-order valence-corrected chi connectivity index (χ0v) is 22.3. The number of carbonyl (C=O) groups is 1. The van der Waals surface area contributed by atoms with E-state index in [1.165, 1.54) is 5.56 Å². The van der Waals surface area contributed by atoms with Gasteiger partial charge in [0.15, 0.2) is 5.82 Å².